The Balaban J connectivity index is 1.75. The van der Waals surface area contributed by atoms with Gasteiger partial charge >= 0.3 is 0 Å². The van der Waals surface area contributed by atoms with Crippen molar-refractivity contribution in [1.29, 1.82) is 0 Å². The number of aliphatic hydroxyl groups excluding tert-OH is 1. The third-order valence-corrected chi connectivity index (χ3v) is 4.10. The molecule has 3 rings (SSSR count). The quantitative estimate of drug-likeness (QED) is 0.691. The highest BCUT2D eigenvalue weighted by atomic mass is 16.5. The van der Waals surface area contributed by atoms with Gasteiger partial charge in [-0.15, -0.1) is 0 Å². The Morgan fingerprint density at radius 3 is 2.62 bits per heavy atom. The number of aromatic nitrogens is 2. The normalized spacial score (nSPS) is 11.5. The van der Waals surface area contributed by atoms with Crippen LogP contribution in [0.4, 0.5) is 0 Å². The van der Waals surface area contributed by atoms with Crippen LogP contribution in [0, 0.1) is 0 Å². The first-order valence-corrected chi connectivity index (χ1v) is 8.15. The molecule has 1 aromatic heterocycles. The third kappa shape index (κ3) is 3.82. The number of nitrogens with zero attached hydrogens (tertiary/aromatic N) is 3. The highest BCUT2D eigenvalue weighted by Crippen LogP contribution is 2.18. The molecule has 0 bridgehead atoms. The van der Waals surface area contributed by atoms with E-state index in [-0.39, 0.29) is 6.61 Å². The van der Waals surface area contributed by atoms with E-state index in [4.69, 9.17) is 4.74 Å². The molecule has 5 heteroatoms. The lowest BCUT2D eigenvalue weighted by molar-refractivity contribution is 0.127. The van der Waals surface area contributed by atoms with Gasteiger partial charge in [-0.1, -0.05) is 24.3 Å². The molecule has 0 aliphatic carbocycles. The number of para-hydroxylation sites is 2. The van der Waals surface area contributed by atoms with Gasteiger partial charge in [0.05, 0.1) is 24.2 Å². The van der Waals surface area contributed by atoms with Crippen LogP contribution in [-0.2, 0) is 11.3 Å². The summed E-state index contributed by atoms with van der Waals surface area (Å²) in [6, 6.07) is 16.6. The monoisotopic (exact) mass is 325 g/mol. The summed E-state index contributed by atoms with van der Waals surface area (Å²) in [5.74, 6) is 0. The van der Waals surface area contributed by atoms with E-state index in [1.54, 1.807) is 7.11 Å². The van der Waals surface area contributed by atoms with Crippen LogP contribution in [0.1, 0.15) is 5.56 Å². The average Bonchev–Trinajstić information content (AvgIpc) is 3.05. The van der Waals surface area contributed by atoms with E-state index in [9.17, 15) is 5.11 Å². The van der Waals surface area contributed by atoms with Gasteiger partial charge in [0, 0.05) is 32.4 Å². The topological polar surface area (TPSA) is 50.5 Å². The Hall–Kier alpha value is -2.21. The second kappa shape index (κ2) is 8.06. The summed E-state index contributed by atoms with van der Waals surface area (Å²) in [5, 5.41) is 9.19. The summed E-state index contributed by atoms with van der Waals surface area (Å²) in [6.45, 7) is 3.08. The van der Waals surface area contributed by atoms with Crippen molar-refractivity contribution in [3.8, 4) is 5.69 Å². The predicted octanol–water partition coefficient (Wildman–Crippen LogP) is 2.47. The number of aliphatic hydroxyl groups is 1. The molecule has 0 amide bonds. The van der Waals surface area contributed by atoms with Crippen molar-refractivity contribution < 1.29 is 9.84 Å². The lowest BCUT2D eigenvalue weighted by Gasteiger charge is -2.21. The van der Waals surface area contributed by atoms with Gasteiger partial charge < -0.3 is 9.84 Å². The number of methoxy groups -OCH3 is 1. The van der Waals surface area contributed by atoms with Crippen LogP contribution in [0.25, 0.3) is 16.7 Å². The molecule has 126 valence electrons. The third-order valence-electron chi connectivity index (χ3n) is 4.10. The molecular weight excluding hydrogens is 302 g/mol. The molecule has 1 N–H and O–H groups in total. The molecule has 3 aromatic rings. The van der Waals surface area contributed by atoms with Crippen molar-refractivity contribution in [3.63, 3.8) is 0 Å². The van der Waals surface area contributed by atoms with E-state index >= 15 is 0 Å². The molecule has 0 fully saturated rings. The van der Waals surface area contributed by atoms with Gasteiger partial charge in [-0.05, 0) is 29.8 Å². The molecular formula is C19H23N3O2. The van der Waals surface area contributed by atoms with Crippen LogP contribution in [0.2, 0.25) is 0 Å². The molecule has 0 aliphatic heterocycles. The van der Waals surface area contributed by atoms with E-state index in [2.05, 4.69) is 44.8 Å². The molecule has 0 saturated heterocycles. The van der Waals surface area contributed by atoms with Crippen molar-refractivity contribution in [2.24, 2.45) is 0 Å². The number of benzene rings is 2. The summed E-state index contributed by atoms with van der Waals surface area (Å²) in [4.78, 5) is 6.62. The first-order chi connectivity index (χ1) is 11.8. The number of ether oxygens (including phenoxy) is 1. The maximum Gasteiger partial charge on any atom is 0.100 e. The van der Waals surface area contributed by atoms with Crippen LogP contribution in [0.5, 0.6) is 0 Å². The zero-order valence-electron chi connectivity index (χ0n) is 13.9. The maximum atomic E-state index is 9.19. The van der Waals surface area contributed by atoms with Crippen molar-refractivity contribution in [2.75, 3.05) is 33.4 Å². The fourth-order valence-corrected chi connectivity index (χ4v) is 2.82. The Labute approximate surface area is 142 Å². The first-order valence-electron chi connectivity index (χ1n) is 8.15. The molecule has 2 aromatic carbocycles. The highest BCUT2D eigenvalue weighted by Gasteiger charge is 2.07. The van der Waals surface area contributed by atoms with Gasteiger partial charge in [0.2, 0.25) is 0 Å². The van der Waals surface area contributed by atoms with E-state index in [0.717, 1.165) is 29.8 Å². The van der Waals surface area contributed by atoms with Crippen LogP contribution < -0.4 is 0 Å². The summed E-state index contributed by atoms with van der Waals surface area (Å²) in [6.07, 6.45) is 1.86. The standard InChI is InChI=1S/C19H23N3O2/c1-24-13-11-21(10-12-23)14-16-6-8-17(9-7-16)22-15-20-18-4-2-3-5-19(18)22/h2-9,15,23H,10-14H2,1H3. The Kier molecular flexibility index (Phi) is 5.59. The molecule has 1 heterocycles. The van der Waals surface area contributed by atoms with Crippen LogP contribution in [-0.4, -0.2) is 53.0 Å². The summed E-state index contributed by atoms with van der Waals surface area (Å²) >= 11 is 0. The summed E-state index contributed by atoms with van der Waals surface area (Å²) in [7, 11) is 1.70. The zero-order chi connectivity index (χ0) is 16.8. The van der Waals surface area contributed by atoms with E-state index in [1.807, 2.05) is 24.5 Å². The fraction of sp³-hybridized carbons (Fsp3) is 0.316. The minimum Gasteiger partial charge on any atom is -0.395 e. The second-order valence-corrected chi connectivity index (χ2v) is 5.76. The van der Waals surface area contributed by atoms with Crippen LogP contribution >= 0.6 is 0 Å². The minimum atomic E-state index is 0.156. The molecule has 5 nitrogen and oxygen atoms in total. The minimum absolute atomic E-state index is 0.156. The molecule has 0 saturated carbocycles. The maximum absolute atomic E-state index is 9.19. The molecule has 24 heavy (non-hydrogen) atoms. The van der Waals surface area contributed by atoms with Crippen molar-refractivity contribution >= 4 is 11.0 Å². The average molecular weight is 325 g/mol. The van der Waals surface area contributed by atoms with Gasteiger partial charge in [0.25, 0.3) is 0 Å². The van der Waals surface area contributed by atoms with Gasteiger partial charge in [-0.2, -0.15) is 0 Å². The summed E-state index contributed by atoms with van der Waals surface area (Å²) in [5.41, 5.74) is 4.41. The van der Waals surface area contributed by atoms with Crippen molar-refractivity contribution in [3.05, 3.63) is 60.4 Å². The number of rotatable bonds is 8. The lowest BCUT2D eigenvalue weighted by Crippen LogP contribution is -2.29. The molecule has 0 atom stereocenters. The smallest absolute Gasteiger partial charge is 0.100 e. The number of hydrogen-bond donors (Lipinski definition) is 1. The van der Waals surface area contributed by atoms with E-state index < -0.39 is 0 Å². The Morgan fingerprint density at radius 1 is 1.08 bits per heavy atom. The van der Waals surface area contributed by atoms with E-state index in [1.165, 1.54) is 5.56 Å². The molecule has 0 aliphatic rings. The largest absolute Gasteiger partial charge is 0.395 e. The van der Waals surface area contributed by atoms with Gasteiger partial charge in [0.15, 0.2) is 0 Å². The van der Waals surface area contributed by atoms with E-state index in [0.29, 0.717) is 13.2 Å². The first kappa shape index (κ1) is 16.6. The van der Waals surface area contributed by atoms with Crippen LogP contribution in [0.15, 0.2) is 54.9 Å². The van der Waals surface area contributed by atoms with Gasteiger partial charge in [-0.3, -0.25) is 9.47 Å². The lowest BCUT2D eigenvalue weighted by atomic mass is 10.2. The molecule has 0 unspecified atom stereocenters. The number of imidazole rings is 1. The predicted molar refractivity (Wildman–Crippen MR) is 95.3 cm³/mol. The van der Waals surface area contributed by atoms with Crippen LogP contribution in [0.3, 0.4) is 0 Å². The fourth-order valence-electron chi connectivity index (χ4n) is 2.82. The van der Waals surface area contributed by atoms with Crippen molar-refractivity contribution in [1.82, 2.24) is 14.5 Å². The Bertz CT molecular complexity index is 768. The SMILES string of the molecule is COCCN(CCO)Cc1ccc(-n2cnc3ccccc32)cc1. The number of fused-ring (bicyclic) bond motifs is 1. The van der Waals surface area contributed by atoms with Gasteiger partial charge in [-0.25, -0.2) is 4.98 Å². The van der Waals surface area contributed by atoms with Gasteiger partial charge in [0.1, 0.15) is 6.33 Å². The van der Waals surface area contributed by atoms with Crippen molar-refractivity contribution in [2.45, 2.75) is 6.54 Å². The molecule has 0 radical (unpaired) electrons. The second-order valence-electron chi connectivity index (χ2n) is 5.76. The number of hydrogen-bond acceptors (Lipinski definition) is 4. The summed E-state index contributed by atoms with van der Waals surface area (Å²) < 4.78 is 7.22. The molecule has 0 spiro atoms. The zero-order valence-corrected chi connectivity index (χ0v) is 13.9. The Morgan fingerprint density at radius 2 is 1.88 bits per heavy atom. The highest BCUT2D eigenvalue weighted by molar-refractivity contribution is 5.77.